The van der Waals surface area contributed by atoms with Crippen LogP contribution in [0.1, 0.15) is 0 Å². The van der Waals surface area contributed by atoms with Crippen molar-refractivity contribution in [2.75, 3.05) is 20.9 Å². The summed E-state index contributed by atoms with van der Waals surface area (Å²) in [5.41, 5.74) is 0.633. The van der Waals surface area contributed by atoms with Gasteiger partial charge in [-0.3, -0.25) is 13.8 Å². The second kappa shape index (κ2) is 11.2. The molecule has 0 fully saturated rings. The van der Waals surface area contributed by atoms with E-state index in [1.165, 1.54) is 60.7 Å². The Hall–Kier alpha value is -3.93. The Kier molecular flexibility index (Phi) is 8.00. The first kappa shape index (κ1) is 27.1. The van der Waals surface area contributed by atoms with Crippen molar-refractivity contribution in [1.29, 1.82) is 0 Å². The van der Waals surface area contributed by atoms with Crippen LogP contribution in [-0.2, 0) is 24.8 Å². The number of sulfonamides is 2. The van der Waals surface area contributed by atoms with Crippen LogP contribution >= 0.6 is 11.6 Å². The second-order valence-corrected chi connectivity index (χ2v) is 12.0. The third-order valence-electron chi connectivity index (χ3n) is 5.26. The normalized spacial score (nSPS) is 11.5. The van der Waals surface area contributed by atoms with Crippen LogP contribution in [0.2, 0.25) is 5.02 Å². The predicted octanol–water partition coefficient (Wildman–Crippen LogP) is 5.11. The van der Waals surface area contributed by atoms with Crippen molar-refractivity contribution in [2.45, 2.75) is 9.79 Å². The van der Waals surface area contributed by atoms with E-state index < -0.39 is 38.3 Å². The minimum Gasteiger partial charge on any atom is -0.325 e. The van der Waals surface area contributed by atoms with Gasteiger partial charge in [-0.25, -0.2) is 21.2 Å². The van der Waals surface area contributed by atoms with E-state index in [2.05, 4.69) is 10.0 Å². The third-order valence-corrected chi connectivity index (χ3v) is 8.68. The van der Waals surface area contributed by atoms with Gasteiger partial charge in [-0.2, -0.15) is 0 Å². The fourth-order valence-electron chi connectivity index (χ4n) is 3.45. The van der Waals surface area contributed by atoms with E-state index in [-0.39, 0.29) is 26.9 Å². The number of rotatable bonds is 9. The number of hydrogen-bond acceptors (Lipinski definition) is 5. The average molecular weight is 574 g/mol. The van der Waals surface area contributed by atoms with Gasteiger partial charge in [-0.1, -0.05) is 35.9 Å². The first-order chi connectivity index (χ1) is 18.0. The number of carbonyl (C=O) groups excluding carboxylic acids is 1. The molecule has 196 valence electrons. The summed E-state index contributed by atoms with van der Waals surface area (Å²) in [4.78, 5) is 12.8. The zero-order chi connectivity index (χ0) is 27.3. The minimum atomic E-state index is -4.11. The molecule has 4 aromatic rings. The van der Waals surface area contributed by atoms with E-state index in [9.17, 15) is 26.0 Å². The zero-order valence-electron chi connectivity index (χ0n) is 19.6. The standard InChI is InChI=1S/C26H21ClFN3O5S2/c27-19-5-4-6-23(17-19)31(38(35,36)25-7-2-1-3-8-25)18-26(32)29-21-13-15-24(16-14-21)37(33,34)30-22-11-9-20(28)10-12-22/h1-17,30H,18H2,(H,29,32). The molecule has 1 amide bonds. The smallest absolute Gasteiger partial charge is 0.264 e. The molecule has 0 heterocycles. The van der Waals surface area contributed by atoms with Gasteiger partial charge in [-0.05, 0) is 78.9 Å². The summed E-state index contributed by atoms with van der Waals surface area (Å²) in [7, 11) is -8.08. The number of anilines is 3. The van der Waals surface area contributed by atoms with Crippen LogP contribution in [0, 0.1) is 5.82 Å². The van der Waals surface area contributed by atoms with E-state index in [1.807, 2.05) is 0 Å². The van der Waals surface area contributed by atoms with Crippen molar-refractivity contribution in [3.8, 4) is 0 Å². The van der Waals surface area contributed by atoms with Crippen LogP contribution in [0.3, 0.4) is 0 Å². The van der Waals surface area contributed by atoms with Gasteiger partial charge in [0, 0.05) is 16.4 Å². The van der Waals surface area contributed by atoms with Crippen LogP contribution in [-0.4, -0.2) is 29.3 Å². The molecular formula is C26H21ClFN3O5S2. The van der Waals surface area contributed by atoms with Crippen LogP contribution in [0.25, 0.3) is 0 Å². The topological polar surface area (TPSA) is 113 Å². The van der Waals surface area contributed by atoms with Crippen LogP contribution in [0.5, 0.6) is 0 Å². The largest absolute Gasteiger partial charge is 0.325 e. The molecule has 0 aliphatic rings. The molecule has 8 nitrogen and oxygen atoms in total. The molecule has 0 saturated heterocycles. The average Bonchev–Trinajstić information content (AvgIpc) is 2.89. The molecule has 2 N–H and O–H groups in total. The van der Waals surface area contributed by atoms with Gasteiger partial charge in [0.05, 0.1) is 15.5 Å². The van der Waals surface area contributed by atoms with E-state index in [0.717, 1.165) is 16.4 Å². The summed E-state index contributed by atoms with van der Waals surface area (Å²) in [6, 6.07) is 23.9. The maximum Gasteiger partial charge on any atom is 0.264 e. The first-order valence-corrected chi connectivity index (χ1v) is 14.4. The Labute approximate surface area is 224 Å². The highest BCUT2D eigenvalue weighted by Gasteiger charge is 2.27. The molecule has 0 bridgehead atoms. The molecule has 0 radical (unpaired) electrons. The van der Waals surface area contributed by atoms with Crippen molar-refractivity contribution in [3.05, 3.63) is 114 Å². The lowest BCUT2D eigenvalue weighted by atomic mass is 10.3. The van der Waals surface area contributed by atoms with Gasteiger partial charge in [0.1, 0.15) is 12.4 Å². The highest BCUT2D eigenvalue weighted by atomic mass is 35.5. The summed E-state index contributed by atoms with van der Waals surface area (Å²) < 4.78 is 68.3. The predicted molar refractivity (Wildman–Crippen MR) is 145 cm³/mol. The monoisotopic (exact) mass is 573 g/mol. The van der Waals surface area contributed by atoms with Crippen molar-refractivity contribution in [3.63, 3.8) is 0 Å². The summed E-state index contributed by atoms with van der Waals surface area (Å²) in [5, 5.41) is 2.87. The molecule has 38 heavy (non-hydrogen) atoms. The number of halogens is 2. The van der Waals surface area contributed by atoms with Gasteiger partial charge in [0.25, 0.3) is 20.0 Å². The molecule has 4 rings (SSSR count). The van der Waals surface area contributed by atoms with E-state index in [0.29, 0.717) is 5.02 Å². The number of hydrogen-bond donors (Lipinski definition) is 2. The number of nitrogens with one attached hydrogen (secondary N) is 2. The van der Waals surface area contributed by atoms with Crippen LogP contribution in [0.15, 0.2) is 113 Å². The van der Waals surface area contributed by atoms with E-state index >= 15 is 0 Å². The molecule has 0 aromatic heterocycles. The van der Waals surface area contributed by atoms with Gasteiger partial charge in [0.2, 0.25) is 5.91 Å². The number of nitrogens with zero attached hydrogens (tertiary/aromatic N) is 1. The Morgan fingerprint density at radius 2 is 1.39 bits per heavy atom. The molecule has 0 aliphatic carbocycles. The van der Waals surface area contributed by atoms with Gasteiger partial charge >= 0.3 is 0 Å². The molecule has 12 heteroatoms. The van der Waals surface area contributed by atoms with Gasteiger partial charge in [0.15, 0.2) is 0 Å². The molecule has 0 spiro atoms. The number of benzene rings is 4. The summed E-state index contributed by atoms with van der Waals surface area (Å²) in [5.74, 6) is -1.16. The van der Waals surface area contributed by atoms with E-state index in [4.69, 9.17) is 11.6 Å². The van der Waals surface area contributed by atoms with Gasteiger partial charge in [-0.15, -0.1) is 0 Å². The highest BCUT2D eigenvalue weighted by molar-refractivity contribution is 7.93. The lowest BCUT2D eigenvalue weighted by molar-refractivity contribution is -0.114. The lowest BCUT2D eigenvalue weighted by Gasteiger charge is -2.24. The SMILES string of the molecule is O=C(CN(c1cccc(Cl)c1)S(=O)(=O)c1ccccc1)Nc1ccc(S(=O)(=O)Nc2ccc(F)cc2)cc1. The first-order valence-electron chi connectivity index (χ1n) is 11.1. The van der Waals surface area contributed by atoms with Crippen LogP contribution < -0.4 is 14.3 Å². The Balaban J connectivity index is 1.52. The molecule has 0 aliphatic heterocycles. The van der Waals surface area contributed by atoms with Crippen LogP contribution in [0.4, 0.5) is 21.5 Å². The molecule has 0 atom stereocenters. The maximum absolute atomic E-state index is 13.4. The highest BCUT2D eigenvalue weighted by Crippen LogP contribution is 2.26. The lowest BCUT2D eigenvalue weighted by Crippen LogP contribution is -2.38. The van der Waals surface area contributed by atoms with Crippen molar-refractivity contribution < 1.29 is 26.0 Å². The Morgan fingerprint density at radius 3 is 2.03 bits per heavy atom. The molecule has 4 aromatic carbocycles. The molecule has 0 saturated carbocycles. The summed E-state index contributed by atoms with van der Waals surface area (Å²) in [6.07, 6.45) is 0. The molecule has 0 unspecified atom stereocenters. The van der Waals surface area contributed by atoms with Crippen molar-refractivity contribution in [1.82, 2.24) is 0 Å². The fraction of sp³-hybridized carbons (Fsp3) is 0.0385. The number of amides is 1. The summed E-state index contributed by atoms with van der Waals surface area (Å²) >= 11 is 6.07. The molecular weight excluding hydrogens is 553 g/mol. The van der Waals surface area contributed by atoms with E-state index in [1.54, 1.807) is 30.3 Å². The van der Waals surface area contributed by atoms with Crippen molar-refractivity contribution >= 4 is 54.6 Å². The Bertz CT molecular complexity index is 1650. The number of carbonyl (C=O) groups is 1. The van der Waals surface area contributed by atoms with Gasteiger partial charge < -0.3 is 5.32 Å². The quantitative estimate of drug-likeness (QED) is 0.289. The third kappa shape index (κ3) is 6.49. The Morgan fingerprint density at radius 1 is 0.763 bits per heavy atom. The fourth-order valence-corrected chi connectivity index (χ4v) is 6.12. The maximum atomic E-state index is 13.4. The zero-order valence-corrected chi connectivity index (χ0v) is 22.0. The second-order valence-electron chi connectivity index (χ2n) is 7.99. The minimum absolute atomic E-state index is 0.00371. The van der Waals surface area contributed by atoms with Crippen molar-refractivity contribution in [2.24, 2.45) is 0 Å². The summed E-state index contributed by atoms with van der Waals surface area (Å²) in [6.45, 7) is -0.566.